The molecule has 0 N–H and O–H groups in total. The molecule has 0 fully saturated rings. The van der Waals surface area contributed by atoms with Crippen molar-refractivity contribution < 1.29 is 0 Å². The molecule has 0 amide bonds. The summed E-state index contributed by atoms with van der Waals surface area (Å²) >= 11 is 0. The first-order valence-corrected chi connectivity index (χ1v) is 10.1. The van der Waals surface area contributed by atoms with Gasteiger partial charge in [-0.25, -0.2) is 4.98 Å². The zero-order valence-electron chi connectivity index (χ0n) is 17.6. The Morgan fingerprint density at radius 2 is 1.57 bits per heavy atom. The summed E-state index contributed by atoms with van der Waals surface area (Å²) in [6.45, 7) is 6.35. The summed E-state index contributed by atoms with van der Waals surface area (Å²) in [6.07, 6.45) is 8.94. The summed E-state index contributed by atoms with van der Waals surface area (Å²) in [5.41, 5.74) is 7.66. The van der Waals surface area contributed by atoms with Gasteiger partial charge < -0.3 is 4.57 Å². The van der Waals surface area contributed by atoms with E-state index in [1.54, 1.807) is 18.6 Å². The zero-order valence-corrected chi connectivity index (χ0v) is 17.6. The average molecular weight is 393 g/mol. The van der Waals surface area contributed by atoms with Crippen LogP contribution in [0.25, 0.3) is 5.82 Å². The summed E-state index contributed by atoms with van der Waals surface area (Å²) in [5, 5.41) is 0. The summed E-state index contributed by atoms with van der Waals surface area (Å²) in [4.78, 5) is 13.4. The van der Waals surface area contributed by atoms with Crippen molar-refractivity contribution in [3.05, 3.63) is 107 Å². The van der Waals surface area contributed by atoms with Crippen LogP contribution < -0.4 is 0 Å². The van der Waals surface area contributed by atoms with E-state index in [0.717, 1.165) is 41.0 Å². The Morgan fingerprint density at radius 1 is 0.800 bits per heavy atom. The van der Waals surface area contributed by atoms with E-state index in [9.17, 15) is 0 Å². The molecule has 4 heterocycles. The lowest BCUT2D eigenvalue weighted by Gasteiger charge is -2.12. The third-order valence-corrected chi connectivity index (χ3v) is 4.99. The van der Waals surface area contributed by atoms with E-state index in [4.69, 9.17) is 4.98 Å². The largest absolute Gasteiger partial charge is 0.303 e. The summed E-state index contributed by atoms with van der Waals surface area (Å²) < 4.78 is 2.20. The fraction of sp³-hybridized carbons (Fsp3) is 0.192. The van der Waals surface area contributed by atoms with Crippen molar-refractivity contribution >= 4 is 0 Å². The Morgan fingerprint density at radius 3 is 2.33 bits per heavy atom. The van der Waals surface area contributed by atoms with Crippen molar-refractivity contribution in [2.24, 2.45) is 0 Å². The normalized spacial score (nSPS) is 10.5. The van der Waals surface area contributed by atoms with E-state index in [1.165, 1.54) is 17.0 Å². The smallest absolute Gasteiger partial charge is 0.137 e. The molecule has 0 spiro atoms. The van der Waals surface area contributed by atoms with E-state index in [2.05, 4.69) is 77.5 Å². The first kappa shape index (κ1) is 19.6. The lowest BCUT2D eigenvalue weighted by Crippen LogP contribution is -2.05. The van der Waals surface area contributed by atoms with Crippen molar-refractivity contribution in [1.82, 2.24) is 19.5 Å². The maximum absolute atomic E-state index is 4.92. The highest BCUT2D eigenvalue weighted by molar-refractivity contribution is 5.42. The number of aryl methyl sites for hydroxylation is 5. The third kappa shape index (κ3) is 4.64. The number of hydrogen-bond donors (Lipinski definition) is 0. The number of rotatable bonds is 4. The minimum Gasteiger partial charge on any atom is -0.303 e. The standard InChI is InChI=1S/C26H24N4/c1-19-13-25(29-26(14-19)30-20(2)6-7-21(30)3)11-10-24-15-23(17-28-18-24)9-8-22-5-4-12-27-16-22/h4-7,12-18H,10-11H2,1-3H3. The fourth-order valence-corrected chi connectivity index (χ4v) is 3.54. The molecule has 4 aromatic heterocycles. The van der Waals surface area contributed by atoms with E-state index >= 15 is 0 Å². The van der Waals surface area contributed by atoms with Crippen LogP contribution in [-0.2, 0) is 12.8 Å². The van der Waals surface area contributed by atoms with Crippen LogP contribution in [0.5, 0.6) is 0 Å². The molecular formula is C26H24N4. The van der Waals surface area contributed by atoms with Crippen molar-refractivity contribution in [2.75, 3.05) is 0 Å². The van der Waals surface area contributed by atoms with Gasteiger partial charge >= 0.3 is 0 Å². The van der Waals surface area contributed by atoms with Gasteiger partial charge in [0.25, 0.3) is 0 Å². The highest BCUT2D eigenvalue weighted by atomic mass is 15.1. The molecule has 0 saturated carbocycles. The minimum absolute atomic E-state index is 0.856. The molecule has 4 heteroatoms. The molecule has 0 atom stereocenters. The second kappa shape index (κ2) is 8.75. The van der Waals surface area contributed by atoms with Crippen molar-refractivity contribution in [1.29, 1.82) is 0 Å². The molecule has 4 nitrogen and oxygen atoms in total. The Kier molecular flexibility index (Phi) is 5.72. The van der Waals surface area contributed by atoms with E-state index in [0.29, 0.717) is 0 Å². The van der Waals surface area contributed by atoms with Crippen LogP contribution in [0, 0.1) is 32.6 Å². The number of aromatic nitrogens is 4. The quantitative estimate of drug-likeness (QED) is 0.470. The average Bonchev–Trinajstić information content (AvgIpc) is 3.09. The topological polar surface area (TPSA) is 43.6 Å². The van der Waals surface area contributed by atoms with Crippen LogP contribution in [0.1, 0.15) is 39.3 Å². The van der Waals surface area contributed by atoms with Gasteiger partial charge in [0.1, 0.15) is 5.82 Å². The molecular weight excluding hydrogens is 368 g/mol. The molecule has 0 aliphatic carbocycles. The van der Waals surface area contributed by atoms with Gasteiger partial charge in [-0.1, -0.05) is 11.8 Å². The Bertz CT molecular complexity index is 1210. The first-order chi connectivity index (χ1) is 14.6. The SMILES string of the molecule is Cc1cc(CCc2cncc(C#Cc3cccnc3)c2)nc(-n2c(C)ccc2C)c1. The molecule has 0 bridgehead atoms. The predicted octanol–water partition coefficient (Wildman–Crippen LogP) is 4.77. The van der Waals surface area contributed by atoms with Crippen molar-refractivity contribution in [3.63, 3.8) is 0 Å². The van der Waals surface area contributed by atoms with E-state index in [1.807, 2.05) is 18.3 Å². The highest BCUT2D eigenvalue weighted by Gasteiger charge is 2.08. The van der Waals surface area contributed by atoms with Crippen LogP contribution in [0.15, 0.2) is 67.3 Å². The van der Waals surface area contributed by atoms with Crippen LogP contribution in [0.4, 0.5) is 0 Å². The van der Waals surface area contributed by atoms with Crippen molar-refractivity contribution in [3.8, 4) is 17.7 Å². The molecule has 0 aliphatic heterocycles. The van der Waals surface area contributed by atoms with Gasteiger partial charge in [-0.15, -0.1) is 0 Å². The number of nitrogens with zero attached hydrogens (tertiary/aromatic N) is 4. The molecule has 0 aromatic carbocycles. The molecule has 0 aliphatic rings. The predicted molar refractivity (Wildman–Crippen MR) is 120 cm³/mol. The Hall–Kier alpha value is -3.71. The maximum Gasteiger partial charge on any atom is 0.137 e. The summed E-state index contributed by atoms with van der Waals surface area (Å²) in [7, 11) is 0. The zero-order chi connectivity index (χ0) is 20.9. The maximum atomic E-state index is 4.92. The van der Waals surface area contributed by atoms with E-state index < -0.39 is 0 Å². The molecule has 0 unspecified atom stereocenters. The molecule has 0 radical (unpaired) electrons. The van der Waals surface area contributed by atoms with Crippen molar-refractivity contribution in [2.45, 2.75) is 33.6 Å². The molecule has 148 valence electrons. The monoisotopic (exact) mass is 392 g/mol. The number of hydrogen-bond acceptors (Lipinski definition) is 3. The lowest BCUT2D eigenvalue weighted by atomic mass is 10.1. The Labute approximate surface area is 177 Å². The summed E-state index contributed by atoms with van der Waals surface area (Å²) in [5.74, 6) is 7.30. The van der Waals surface area contributed by atoms with E-state index in [-0.39, 0.29) is 0 Å². The first-order valence-electron chi connectivity index (χ1n) is 10.1. The van der Waals surface area contributed by atoms with Crippen LogP contribution >= 0.6 is 0 Å². The molecule has 4 rings (SSSR count). The van der Waals surface area contributed by atoms with Crippen LogP contribution in [0.2, 0.25) is 0 Å². The van der Waals surface area contributed by atoms with Gasteiger partial charge in [0, 0.05) is 53.0 Å². The second-order valence-corrected chi connectivity index (χ2v) is 7.52. The van der Waals surface area contributed by atoms with Gasteiger partial charge in [-0.2, -0.15) is 0 Å². The second-order valence-electron chi connectivity index (χ2n) is 7.52. The van der Waals surface area contributed by atoms with Gasteiger partial charge in [-0.3, -0.25) is 9.97 Å². The Balaban J connectivity index is 1.51. The van der Waals surface area contributed by atoms with Crippen LogP contribution in [0.3, 0.4) is 0 Å². The summed E-state index contributed by atoms with van der Waals surface area (Å²) in [6, 6.07) is 14.5. The molecule has 30 heavy (non-hydrogen) atoms. The minimum atomic E-state index is 0.856. The van der Waals surface area contributed by atoms with Gasteiger partial charge in [-0.05, 0) is 87.2 Å². The molecule has 0 saturated heterocycles. The van der Waals surface area contributed by atoms with Gasteiger partial charge in [0.2, 0.25) is 0 Å². The van der Waals surface area contributed by atoms with Crippen LogP contribution in [-0.4, -0.2) is 19.5 Å². The fourth-order valence-electron chi connectivity index (χ4n) is 3.54. The third-order valence-electron chi connectivity index (χ3n) is 4.99. The number of pyridine rings is 3. The molecule has 4 aromatic rings. The van der Waals surface area contributed by atoms with Gasteiger partial charge in [0.15, 0.2) is 0 Å². The highest BCUT2D eigenvalue weighted by Crippen LogP contribution is 2.17. The van der Waals surface area contributed by atoms with Gasteiger partial charge in [0.05, 0.1) is 0 Å². The lowest BCUT2D eigenvalue weighted by molar-refractivity contribution is 0.859.